The summed E-state index contributed by atoms with van der Waals surface area (Å²) in [6.45, 7) is 3.19. The summed E-state index contributed by atoms with van der Waals surface area (Å²) >= 11 is 0. The largest absolute Gasteiger partial charge is 0.494 e. The number of esters is 3. The van der Waals surface area contributed by atoms with Crippen molar-refractivity contribution in [1.82, 2.24) is 0 Å². The van der Waals surface area contributed by atoms with E-state index in [0.29, 0.717) is 5.56 Å². The molecule has 0 bridgehead atoms. The first-order chi connectivity index (χ1) is 24.3. The molecule has 284 valence electrons. The van der Waals surface area contributed by atoms with Gasteiger partial charge in [0.2, 0.25) is 0 Å². The molecular weight excluding hydrogens is 715 g/mol. The highest BCUT2D eigenvalue weighted by molar-refractivity contribution is 5.93. The molecule has 0 radical (unpaired) electrons. The van der Waals surface area contributed by atoms with E-state index in [1.165, 1.54) is 72.8 Å². The summed E-state index contributed by atoms with van der Waals surface area (Å²) in [6, 6.07) is 15.9. The maximum absolute atomic E-state index is 13.7. The zero-order valence-corrected chi connectivity index (χ0v) is 27.9. The summed E-state index contributed by atoms with van der Waals surface area (Å²) in [5.41, 5.74) is 0.381. The Kier molecular flexibility index (Phi) is 14.1. The van der Waals surface area contributed by atoms with E-state index in [1.807, 2.05) is 6.92 Å². The second-order valence-corrected chi connectivity index (χ2v) is 11.7. The molecule has 0 aromatic heterocycles. The smallest absolute Gasteiger partial charge is 0.460 e. The van der Waals surface area contributed by atoms with Crippen LogP contribution in [0.2, 0.25) is 0 Å². The van der Waals surface area contributed by atoms with Crippen LogP contribution in [0.25, 0.3) is 0 Å². The molecule has 0 saturated heterocycles. The van der Waals surface area contributed by atoms with Crippen LogP contribution in [0.4, 0.5) is 39.5 Å². The molecule has 0 saturated carbocycles. The van der Waals surface area contributed by atoms with Gasteiger partial charge in [0.05, 0.1) is 29.4 Å². The Bertz CT molecular complexity index is 1620. The zero-order valence-electron chi connectivity index (χ0n) is 27.9. The molecule has 3 aromatic carbocycles. The molecule has 0 aliphatic carbocycles. The van der Waals surface area contributed by atoms with Gasteiger partial charge in [0.1, 0.15) is 17.2 Å². The van der Waals surface area contributed by atoms with Crippen molar-refractivity contribution in [3.8, 4) is 17.2 Å². The van der Waals surface area contributed by atoms with Gasteiger partial charge in [-0.25, -0.2) is 14.4 Å². The van der Waals surface area contributed by atoms with Crippen molar-refractivity contribution in [2.45, 2.75) is 88.8 Å². The van der Waals surface area contributed by atoms with Crippen LogP contribution in [0, 0.1) is 0 Å². The van der Waals surface area contributed by atoms with Gasteiger partial charge in [-0.3, -0.25) is 0 Å². The van der Waals surface area contributed by atoms with Gasteiger partial charge in [0.15, 0.2) is 0 Å². The summed E-state index contributed by atoms with van der Waals surface area (Å²) < 4.78 is 138. The van der Waals surface area contributed by atoms with Gasteiger partial charge in [-0.2, -0.15) is 39.5 Å². The molecule has 7 nitrogen and oxygen atoms in total. The molecule has 0 amide bonds. The average Bonchev–Trinajstić information content (AvgIpc) is 3.08. The summed E-state index contributed by atoms with van der Waals surface area (Å²) in [5, 5.41) is 0. The van der Waals surface area contributed by atoms with Crippen molar-refractivity contribution in [2.75, 3.05) is 6.61 Å². The number of unbranched alkanes of at least 4 members (excludes halogenated alkanes) is 3. The van der Waals surface area contributed by atoms with E-state index in [0.717, 1.165) is 32.1 Å². The lowest BCUT2D eigenvalue weighted by atomic mass is 10.00. The first kappa shape index (κ1) is 41.7. The number of ether oxygens (including phenoxy) is 4. The van der Waals surface area contributed by atoms with E-state index >= 15 is 0 Å². The molecule has 0 N–H and O–H groups in total. The van der Waals surface area contributed by atoms with Crippen LogP contribution >= 0.6 is 0 Å². The summed E-state index contributed by atoms with van der Waals surface area (Å²) in [7, 11) is 0. The summed E-state index contributed by atoms with van der Waals surface area (Å²) in [6.07, 6.45) is -5.14. The van der Waals surface area contributed by atoms with E-state index < -0.39 is 61.3 Å². The van der Waals surface area contributed by atoms with Crippen molar-refractivity contribution in [3.63, 3.8) is 0 Å². The van der Waals surface area contributed by atoms with Gasteiger partial charge in [0, 0.05) is 6.42 Å². The minimum absolute atomic E-state index is 0.0230. The second kappa shape index (κ2) is 17.6. The third-order valence-electron chi connectivity index (χ3n) is 7.58. The Morgan fingerprint density at radius 2 is 1.02 bits per heavy atom. The molecule has 0 heterocycles. The number of carbonyl (C=O) groups excluding carboxylic acids is 3. The van der Waals surface area contributed by atoms with Crippen molar-refractivity contribution in [1.29, 1.82) is 0 Å². The number of hydrogen-bond acceptors (Lipinski definition) is 7. The highest BCUT2D eigenvalue weighted by Crippen LogP contribution is 2.54. The van der Waals surface area contributed by atoms with Crippen LogP contribution in [-0.2, 0) is 4.74 Å². The predicted octanol–water partition coefficient (Wildman–Crippen LogP) is 10.3. The van der Waals surface area contributed by atoms with E-state index in [-0.39, 0.29) is 34.5 Å². The van der Waals surface area contributed by atoms with Crippen LogP contribution in [0.1, 0.15) is 89.9 Å². The number of benzene rings is 3. The number of hydrogen-bond donors (Lipinski definition) is 0. The first-order valence-corrected chi connectivity index (χ1v) is 16.1. The highest BCUT2D eigenvalue weighted by atomic mass is 19.4. The lowest BCUT2D eigenvalue weighted by molar-refractivity contribution is -0.396. The van der Waals surface area contributed by atoms with Crippen LogP contribution in [-0.4, -0.2) is 54.6 Å². The third kappa shape index (κ3) is 10.9. The van der Waals surface area contributed by atoms with E-state index in [4.69, 9.17) is 18.9 Å². The molecule has 0 fully saturated rings. The minimum Gasteiger partial charge on any atom is -0.494 e. The Hall–Kier alpha value is -4.76. The monoisotopic (exact) mass is 750 g/mol. The fourth-order valence-corrected chi connectivity index (χ4v) is 4.55. The summed E-state index contributed by atoms with van der Waals surface area (Å²) in [5.74, 6) is -21.3. The van der Waals surface area contributed by atoms with Gasteiger partial charge in [-0.15, -0.1) is 0 Å². The van der Waals surface area contributed by atoms with Crippen molar-refractivity contribution in [2.24, 2.45) is 0 Å². The number of rotatable bonds is 18. The number of alkyl halides is 9. The fourth-order valence-electron chi connectivity index (χ4n) is 4.55. The quantitative estimate of drug-likeness (QED) is 0.0554. The van der Waals surface area contributed by atoms with Crippen LogP contribution < -0.4 is 14.2 Å². The topological polar surface area (TPSA) is 88.1 Å². The van der Waals surface area contributed by atoms with Crippen molar-refractivity contribution >= 4 is 17.9 Å². The van der Waals surface area contributed by atoms with Crippen molar-refractivity contribution in [3.05, 3.63) is 89.5 Å². The first-order valence-electron chi connectivity index (χ1n) is 16.1. The molecule has 1 atom stereocenters. The van der Waals surface area contributed by atoms with Crippen molar-refractivity contribution < 1.29 is 72.8 Å². The normalized spacial score (nSPS) is 12.9. The Morgan fingerprint density at radius 3 is 1.46 bits per heavy atom. The second-order valence-electron chi connectivity index (χ2n) is 11.7. The van der Waals surface area contributed by atoms with E-state index in [9.17, 15) is 53.9 Å². The molecule has 0 spiro atoms. The predicted molar refractivity (Wildman–Crippen MR) is 169 cm³/mol. The van der Waals surface area contributed by atoms with Gasteiger partial charge < -0.3 is 18.9 Å². The number of carbonyl (C=O) groups is 3. The Balaban J connectivity index is 1.45. The minimum atomic E-state index is -6.96. The zero-order chi connectivity index (χ0) is 38.7. The molecule has 3 aromatic rings. The van der Waals surface area contributed by atoms with Gasteiger partial charge >= 0.3 is 41.9 Å². The maximum Gasteiger partial charge on any atom is 0.460 e. The highest BCUT2D eigenvalue weighted by Gasteiger charge is 2.81. The SMILES string of the molecule is CCCCCCC(C)OC(=O)c1ccc(OC(=O)c2ccc(OC(=O)c3ccc(OCCCC(F)(F)C(F)(F)C(F)(F)C(F)(F)F)cc3)cc2)cc1. The van der Waals surface area contributed by atoms with Gasteiger partial charge in [-0.1, -0.05) is 26.2 Å². The fraction of sp³-hybridized carbons (Fsp3) is 0.417. The van der Waals surface area contributed by atoms with Crippen LogP contribution in [0.5, 0.6) is 17.2 Å². The Labute approximate surface area is 293 Å². The van der Waals surface area contributed by atoms with Gasteiger partial charge in [0.25, 0.3) is 0 Å². The van der Waals surface area contributed by atoms with Crippen LogP contribution in [0.15, 0.2) is 72.8 Å². The lowest BCUT2D eigenvalue weighted by Crippen LogP contribution is -2.60. The Morgan fingerprint density at radius 1 is 0.577 bits per heavy atom. The average molecular weight is 751 g/mol. The molecule has 52 heavy (non-hydrogen) atoms. The molecular formula is C36H35F9O7. The maximum atomic E-state index is 13.7. The number of halogens is 9. The molecule has 3 rings (SSSR count). The standard InChI is InChI=1S/C36H35F9O7/c1-3-4-5-6-8-23(2)50-30(46)24-11-17-28(18-12-24)52-32(48)26-13-19-29(20-14-26)51-31(47)25-9-15-27(16-10-25)49-22-7-21-33(37,38)34(39,40)35(41,42)36(43,44)45/h9-20,23H,3-8,21-22H2,1-2H3. The molecule has 16 heteroatoms. The van der Waals surface area contributed by atoms with Gasteiger partial charge in [-0.05, 0) is 99.0 Å². The summed E-state index contributed by atoms with van der Waals surface area (Å²) in [4.78, 5) is 37.5. The van der Waals surface area contributed by atoms with E-state index in [1.54, 1.807) is 0 Å². The molecule has 1 unspecified atom stereocenters. The lowest BCUT2D eigenvalue weighted by Gasteiger charge is -2.33. The molecule has 0 aliphatic heterocycles. The van der Waals surface area contributed by atoms with Crippen LogP contribution in [0.3, 0.4) is 0 Å². The van der Waals surface area contributed by atoms with E-state index in [2.05, 4.69) is 6.92 Å². The third-order valence-corrected chi connectivity index (χ3v) is 7.58. The molecule has 0 aliphatic rings.